The van der Waals surface area contributed by atoms with Gasteiger partial charge in [0.05, 0.1) is 35.3 Å². The fourth-order valence-corrected chi connectivity index (χ4v) is 14.9. The molecule has 4 atom stereocenters. The monoisotopic (exact) mass is 1030 g/mol. The Kier molecular flexibility index (Phi) is 14.1. The van der Waals surface area contributed by atoms with Crippen LogP contribution in [0.15, 0.2) is 255 Å². The highest BCUT2D eigenvalue weighted by atomic mass is 31.2. The molecule has 2 heterocycles. The molecule has 0 radical (unpaired) electrons. The van der Waals surface area contributed by atoms with Gasteiger partial charge in [-0.3, -0.25) is 18.1 Å². The van der Waals surface area contributed by atoms with E-state index in [0.29, 0.717) is 23.0 Å². The van der Waals surface area contributed by atoms with E-state index >= 15 is 0 Å². The molecule has 10 aromatic carbocycles. The number of hydrogen-bond donors (Lipinski definition) is 0. The maximum absolute atomic E-state index is 8.02. The van der Waals surface area contributed by atoms with Gasteiger partial charge in [-0.05, 0) is 84.3 Å². The van der Waals surface area contributed by atoms with Crippen LogP contribution in [0.4, 0.5) is 0 Å². The molecule has 0 spiro atoms. The second kappa shape index (κ2) is 21.8. The van der Waals surface area contributed by atoms with Crippen molar-refractivity contribution in [3.05, 3.63) is 277 Å². The van der Waals surface area contributed by atoms with Crippen molar-refractivity contribution < 1.29 is 18.1 Å². The fourth-order valence-electron chi connectivity index (χ4n) is 11.0. The Balaban J connectivity index is 1.22. The van der Waals surface area contributed by atoms with E-state index < -0.39 is 17.1 Å². The Morgan fingerprint density at radius 2 is 0.447 bits per heavy atom. The lowest BCUT2D eigenvalue weighted by molar-refractivity contribution is 0.247. The summed E-state index contributed by atoms with van der Waals surface area (Å²) in [5, 5.41) is 0. The first-order valence-corrected chi connectivity index (χ1v) is 28.8. The summed E-state index contributed by atoms with van der Waals surface area (Å²) >= 11 is 0. The van der Waals surface area contributed by atoms with Crippen LogP contribution in [0.25, 0.3) is 55.6 Å². The van der Waals surface area contributed by atoms with E-state index in [9.17, 15) is 0 Å². The molecule has 76 heavy (non-hydrogen) atoms. The van der Waals surface area contributed by atoms with E-state index in [2.05, 4.69) is 292 Å². The first kappa shape index (κ1) is 49.1. The van der Waals surface area contributed by atoms with Gasteiger partial charge in [0.2, 0.25) is 23.0 Å². The van der Waals surface area contributed by atoms with Crippen LogP contribution in [0, 0.1) is 0 Å². The van der Waals surface area contributed by atoms with Crippen LogP contribution < -0.4 is 18.1 Å². The van der Waals surface area contributed by atoms with Gasteiger partial charge >= 0.3 is 17.1 Å². The topological polar surface area (TPSA) is 43.4 Å². The third-order valence-corrected chi connectivity index (χ3v) is 18.9. The molecule has 0 aliphatic carbocycles. The van der Waals surface area contributed by atoms with Crippen molar-refractivity contribution in [2.45, 2.75) is 51.9 Å². The zero-order valence-electron chi connectivity index (χ0n) is 43.1. The third-order valence-electron chi connectivity index (χ3n) is 15.0. The SMILES string of the molecule is C[C@@H](c1ccccc1)N([C@@H](C)c1ccccc1)[PH+]1Oc2c(-c3ccccc3)cc(-c3ccccc3)c3c2-c2c(c(-c4ccccc4)cc(-c4ccccc4)c2O[PH+](N([C@@H](C)c2ccccc2)[C@@H](C)c2ccccc2)O3)O1. The Hall–Kier alpha value is -7.82. The van der Waals surface area contributed by atoms with E-state index in [1.165, 1.54) is 0 Å². The standard InChI is InChI=1S/C68H58N2O4P2/c1-47(51-29-13-5-14-30-51)69(48(2)52-31-15-6-16-32-52)75-71-65-59(55-37-21-9-22-38-55)45-61(57-41-25-11-26-42-57)67-63(65)64-66(72-75)60(56-39-23-10-24-40-56)46-62(58-43-27-12-28-44-58)68(64)74-76(73-67)70(49(3)53-33-17-7-18-34-53)50(4)54-35-19-8-20-36-54/h5-50H,1-4H3/p+2/t47-,48-,49-,50-,75?,76?/m0/s1. The van der Waals surface area contributed by atoms with Crippen molar-refractivity contribution in [1.82, 2.24) is 9.34 Å². The average Bonchev–Trinajstić information content (AvgIpc) is 3.79. The van der Waals surface area contributed by atoms with Gasteiger partial charge in [-0.1, -0.05) is 243 Å². The van der Waals surface area contributed by atoms with Crippen molar-refractivity contribution in [1.29, 1.82) is 0 Å². The lowest BCUT2D eigenvalue weighted by Crippen LogP contribution is -2.29. The van der Waals surface area contributed by atoms with Gasteiger partial charge in [0.1, 0.15) is 0 Å². The highest BCUT2D eigenvalue weighted by molar-refractivity contribution is 7.46. The minimum atomic E-state index is -2.57. The Labute approximate surface area is 449 Å². The number of hydrogen-bond acceptors (Lipinski definition) is 6. The van der Waals surface area contributed by atoms with Crippen molar-refractivity contribution >= 4 is 17.1 Å². The second-order valence-electron chi connectivity index (χ2n) is 19.6. The summed E-state index contributed by atoms with van der Waals surface area (Å²) in [6.45, 7) is 9.10. The molecule has 10 aromatic rings. The molecule has 6 nitrogen and oxygen atoms in total. The summed E-state index contributed by atoms with van der Waals surface area (Å²) < 4.78 is 37.0. The summed E-state index contributed by atoms with van der Waals surface area (Å²) in [6, 6.07) is 89.4. The Morgan fingerprint density at radius 3 is 0.645 bits per heavy atom. The predicted molar refractivity (Wildman–Crippen MR) is 316 cm³/mol. The summed E-state index contributed by atoms with van der Waals surface area (Å²) in [5.74, 6) is 2.76. The lowest BCUT2D eigenvalue weighted by Gasteiger charge is -2.33. The van der Waals surface area contributed by atoms with Crippen molar-refractivity contribution in [2.75, 3.05) is 0 Å². The molecule has 0 fully saturated rings. The minimum absolute atomic E-state index is 0.135. The number of rotatable bonds is 14. The Morgan fingerprint density at radius 1 is 0.263 bits per heavy atom. The minimum Gasteiger partial charge on any atom is -0.291 e. The van der Waals surface area contributed by atoms with Crippen LogP contribution >= 0.6 is 17.1 Å². The molecular formula is C68H60N2O4P2+2. The molecular weight excluding hydrogens is 971 g/mol. The number of benzene rings is 10. The normalized spacial score (nSPS) is 14.7. The molecule has 374 valence electrons. The van der Waals surface area contributed by atoms with E-state index in [1.54, 1.807) is 0 Å². The maximum atomic E-state index is 8.02. The van der Waals surface area contributed by atoms with E-state index in [4.69, 9.17) is 18.1 Å². The highest BCUT2D eigenvalue weighted by Gasteiger charge is 2.52. The molecule has 0 N–H and O–H groups in total. The van der Waals surface area contributed by atoms with Gasteiger partial charge in [0.15, 0.2) is 0 Å². The zero-order valence-corrected chi connectivity index (χ0v) is 45.1. The molecule has 8 heteroatoms. The molecule has 0 aromatic heterocycles. The van der Waals surface area contributed by atoms with Crippen LogP contribution in [0.3, 0.4) is 0 Å². The van der Waals surface area contributed by atoms with Crippen LogP contribution in [-0.2, 0) is 0 Å². The van der Waals surface area contributed by atoms with Gasteiger partial charge in [-0.25, -0.2) is 0 Å². The summed E-state index contributed by atoms with van der Waals surface area (Å²) in [4.78, 5) is 0. The van der Waals surface area contributed by atoms with Crippen molar-refractivity contribution in [2.24, 2.45) is 0 Å². The molecule has 2 aliphatic rings. The van der Waals surface area contributed by atoms with Crippen LogP contribution in [0.5, 0.6) is 23.0 Å². The largest absolute Gasteiger partial charge is 0.428 e. The van der Waals surface area contributed by atoms with E-state index in [-0.39, 0.29) is 24.2 Å². The third kappa shape index (κ3) is 9.48. The van der Waals surface area contributed by atoms with E-state index in [0.717, 1.165) is 77.9 Å². The zero-order chi connectivity index (χ0) is 51.5. The quantitative estimate of drug-likeness (QED) is 0.101. The van der Waals surface area contributed by atoms with E-state index in [1.807, 2.05) is 0 Å². The smallest absolute Gasteiger partial charge is 0.291 e. The maximum Gasteiger partial charge on any atom is 0.428 e. The Bertz CT molecular complexity index is 3100. The predicted octanol–water partition coefficient (Wildman–Crippen LogP) is 19.1. The number of nitrogens with zero attached hydrogens (tertiary/aromatic N) is 2. The van der Waals surface area contributed by atoms with Gasteiger partial charge in [0, 0.05) is 22.3 Å². The molecule has 2 aliphatic heterocycles. The summed E-state index contributed by atoms with van der Waals surface area (Å²) in [6.07, 6.45) is 0. The summed E-state index contributed by atoms with van der Waals surface area (Å²) in [7, 11) is -5.15. The van der Waals surface area contributed by atoms with Crippen LogP contribution in [0.1, 0.15) is 74.1 Å². The van der Waals surface area contributed by atoms with Crippen LogP contribution in [0.2, 0.25) is 0 Å². The van der Waals surface area contributed by atoms with Crippen LogP contribution in [-0.4, -0.2) is 9.34 Å². The molecule has 0 amide bonds. The average molecular weight is 1030 g/mol. The first-order valence-electron chi connectivity index (χ1n) is 26.3. The van der Waals surface area contributed by atoms with Crippen molar-refractivity contribution in [3.63, 3.8) is 0 Å². The van der Waals surface area contributed by atoms with Gasteiger partial charge in [0.25, 0.3) is 0 Å². The van der Waals surface area contributed by atoms with Gasteiger partial charge in [-0.2, -0.15) is 0 Å². The summed E-state index contributed by atoms with van der Waals surface area (Å²) in [5.41, 5.74) is 14.0. The van der Waals surface area contributed by atoms with Crippen molar-refractivity contribution in [3.8, 4) is 78.6 Å². The second-order valence-corrected chi connectivity index (χ2v) is 22.5. The van der Waals surface area contributed by atoms with Gasteiger partial charge < -0.3 is 0 Å². The first-order chi connectivity index (χ1) is 37.4. The molecule has 0 unspecified atom stereocenters. The fraction of sp³-hybridized carbons (Fsp3) is 0.118. The molecule has 0 bridgehead atoms. The highest BCUT2D eigenvalue weighted by Crippen LogP contribution is 2.71. The van der Waals surface area contributed by atoms with Gasteiger partial charge in [-0.15, -0.1) is 9.34 Å². The lowest BCUT2D eigenvalue weighted by atomic mass is 9.86. The molecule has 12 rings (SSSR count). The molecule has 0 saturated carbocycles. The molecule has 0 saturated heterocycles.